The van der Waals surface area contributed by atoms with Crippen molar-refractivity contribution in [2.75, 3.05) is 5.43 Å². The summed E-state index contributed by atoms with van der Waals surface area (Å²) in [6.45, 7) is 0. The molecular formula is C12H10F2N2O. The van der Waals surface area contributed by atoms with Gasteiger partial charge in [0, 0.05) is 6.07 Å². The number of nitrogens with one attached hydrogen (secondary N) is 1. The zero-order chi connectivity index (χ0) is 12.3. The maximum atomic E-state index is 13.5. The van der Waals surface area contributed by atoms with Gasteiger partial charge in [0.05, 0.1) is 5.69 Å². The molecule has 5 heteroatoms. The van der Waals surface area contributed by atoms with Gasteiger partial charge in [0.15, 0.2) is 23.1 Å². The zero-order valence-electron chi connectivity index (χ0n) is 8.78. The van der Waals surface area contributed by atoms with Gasteiger partial charge in [-0.1, -0.05) is 12.1 Å². The molecular weight excluding hydrogens is 226 g/mol. The van der Waals surface area contributed by atoms with Gasteiger partial charge >= 0.3 is 0 Å². The minimum Gasteiger partial charge on any atom is -0.451 e. The molecule has 0 unspecified atom stereocenters. The van der Waals surface area contributed by atoms with Crippen LogP contribution in [0.5, 0.6) is 11.5 Å². The third-order valence-electron chi connectivity index (χ3n) is 2.16. The Hall–Kier alpha value is -2.14. The zero-order valence-corrected chi connectivity index (χ0v) is 8.78. The molecule has 2 aromatic rings. The summed E-state index contributed by atoms with van der Waals surface area (Å²) in [5.74, 6) is 3.87. The van der Waals surface area contributed by atoms with Gasteiger partial charge < -0.3 is 10.2 Å². The first-order valence-corrected chi connectivity index (χ1v) is 4.89. The molecule has 0 fully saturated rings. The summed E-state index contributed by atoms with van der Waals surface area (Å²) in [5, 5.41) is 0. The number of hydrogen-bond acceptors (Lipinski definition) is 3. The van der Waals surface area contributed by atoms with Crippen LogP contribution in [0.1, 0.15) is 0 Å². The lowest BCUT2D eigenvalue weighted by Gasteiger charge is -2.08. The topological polar surface area (TPSA) is 47.3 Å². The van der Waals surface area contributed by atoms with E-state index in [0.29, 0.717) is 5.69 Å². The molecule has 0 aliphatic heterocycles. The van der Waals surface area contributed by atoms with Crippen molar-refractivity contribution in [2.45, 2.75) is 0 Å². The highest BCUT2D eigenvalue weighted by Crippen LogP contribution is 2.27. The average Bonchev–Trinajstić information content (AvgIpc) is 2.34. The minimum absolute atomic E-state index is 0.0279. The van der Waals surface area contributed by atoms with Crippen molar-refractivity contribution in [3.05, 3.63) is 54.1 Å². The number of halogens is 2. The Kier molecular flexibility index (Phi) is 3.20. The van der Waals surface area contributed by atoms with Gasteiger partial charge in [-0.3, -0.25) is 5.84 Å². The lowest BCUT2D eigenvalue weighted by Crippen LogP contribution is -2.06. The molecule has 0 aromatic heterocycles. The smallest absolute Gasteiger partial charge is 0.167 e. The second-order valence-corrected chi connectivity index (χ2v) is 3.32. The Morgan fingerprint density at radius 1 is 0.941 bits per heavy atom. The quantitative estimate of drug-likeness (QED) is 0.636. The number of para-hydroxylation sites is 1. The SMILES string of the molecule is NNc1ccc(Oc2ccccc2F)c(F)c1. The fourth-order valence-corrected chi connectivity index (χ4v) is 1.32. The number of ether oxygens (including phenoxy) is 1. The van der Waals surface area contributed by atoms with E-state index in [9.17, 15) is 8.78 Å². The molecule has 0 aliphatic rings. The number of hydrogen-bond donors (Lipinski definition) is 2. The van der Waals surface area contributed by atoms with Crippen LogP contribution >= 0.6 is 0 Å². The van der Waals surface area contributed by atoms with Crippen LogP contribution in [0.25, 0.3) is 0 Å². The van der Waals surface area contributed by atoms with Crippen LogP contribution in [-0.2, 0) is 0 Å². The first kappa shape index (κ1) is 11.3. The van der Waals surface area contributed by atoms with Gasteiger partial charge in [0.2, 0.25) is 0 Å². The molecule has 0 radical (unpaired) electrons. The molecule has 0 heterocycles. The van der Waals surface area contributed by atoms with Crippen molar-refractivity contribution in [2.24, 2.45) is 5.84 Å². The number of hydrazine groups is 1. The normalized spacial score (nSPS) is 10.1. The van der Waals surface area contributed by atoms with E-state index in [2.05, 4.69) is 5.43 Å². The number of nitrogen functional groups attached to an aromatic ring is 1. The molecule has 3 N–H and O–H groups in total. The predicted molar refractivity (Wildman–Crippen MR) is 60.7 cm³/mol. The summed E-state index contributed by atoms with van der Waals surface area (Å²) in [6, 6.07) is 9.85. The van der Waals surface area contributed by atoms with Crippen LogP contribution in [0.3, 0.4) is 0 Å². The third kappa shape index (κ3) is 2.51. The number of anilines is 1. The van der Waals surface area contributed by atoms with Crippen LogP contribution in [0.4, 0.5) is 14.5 Å². The standard InChI is InChI=1S/C12H10F2N2O/c13-9-3-1-2-4-11(9)17-12-6-5-8(16-15)7-10(12)14/h1-7,16H,15H2. The molecule has 0 saturated carbocycles. The highest BCUT2D eigenvalue weighted by atomic mass is 19.1. The van der Waals surface area contributed by atoms with Gasteiger partial charge in [0.1, 0.15) is 0 Å². The summed E-state index contributed by atoms with van der Waals surface area (Å²) in [5.41, 5.74) is 2.71. The van der Waals surface area contributed by atoms with Crippen molar-refractivity contribution >= 4 is 5.69 Å². The largest absolute Gasteiger partial charge is 0.451 e. The van der Waals surface area contributed by atoms with E-state index < -0.39 is 11.6 Å². The molecule has 0 atom stereocenters. The van der Waals surface area contributed by atoms with E-state index >= 15 is 0 Å². The molecule has 88 valence electrons. The maximum Gasteiger partial charge on any atom is 0.167 e. The molecule has 0 aliphatic carbocycles. The Morgan fingerprint density at radius 3 is 2.29 bits per heavy atom. The van der Waals surface area contributed by atoms with Gasteiger partial charge in [-0.2, -0.15) is 0 Å². The van der Waals surface area contributed by atoms with E-state index in [1.54, 1.807) is 6.07 Å². The van der Waals surface area contributed by atoms with E-state index in [1.165, 1.54) is 30.3 Å². The van der Waals surface area contributed by atoms with Crippen molar-refractivity contribution in [1.82, 2.24) is 0 Å². The van der Waals surface area contributed by atoms with Crippen LogP contribution in [0.2, 0.25) is 0 Å². The van der Waals surface area contributed by atoms with Gasteiger partial charge in [-0.25, -0.2) is 8.78 Å². The average molecular weight is 236 g/mol. The second-order valence-electron chi connectivity index (χ2n) is 3.32. The molecule has 17 heavy (non-hydrogen) atoms. The van der Waals surface area contributed by atoms with Crippen LogP contribution in [-0.4, -0.2) is 0 Å². The monoisotopic (exact) mass is 236 g/mol. The maximum absolute atomic E-state index is 13.5. The van der Waals surface area contributed by atoms with E-state index in [0.717, 1.165) is 6.07 Å². The molecule has 2 aromatic carbocycles. The summed E-state index contributed by atoms with van der Waals surface area (Å²) >= 11 is 0. The number of benzene rings is 2. The third-order valence-corrected chi connectivity index (χ3v) is 2.16. The van der Waals surface area contributed by atoms with Crippen LogP contribution in [0, 0.1) is 11.6 Å². The van der Waals surface area contributed by atoms with Crippen molar-refractivity contribution in [3.63, 3.8) is 0 Å². The van der Waals surface area contributed by atoms with E-state index in [4.69, 9.17) is 10.6 Å². The molecule has 3 nitrogen and oxygen atoms in total. The highest BCUT2D eigenvalue weighted by Gasteiger charge is 2.08. The molecule has 0 amide bonds. The molecule has 0 saturated heterocycles. The second kappa shape index (κ2) is 4.80. The van der Waals surface area contributed by atoms with E-state index in [1.807, 2.05) is 0 Å². The van der Waals surface area contributed by atoms with Crippen LogP contribution in [0.15, 0.2) is 42.5 Å². The fourth-order valence-electron chi connectivity index (χ4n) is 1.32. The van der Waals surface area contributed by atoms with E-state index in [-0.39, 0.29) is 11.5 Å². The Labute approximate surface area is 96.8 Å². The predicted octanol–water partition coefficient (Wildman–Crippen LogP) is 3.04. The summed E-state index contributed by atoms with van der Waals surface area (Å²) < 4.78 is 31.9. The van der Waals surface area contributed by atoms with Crippen molar-refractivity contribution < 1.29 is 13.5 Å². The number of nitrogens with two attached hydrogens (primary N) is 1. The summed E-state index contributed by atoms with van der Waals surface area (Å²) in [4.78, 5) is 0. The Morgan fingerprint density at radius 2 is 1.65 bits per heavy atom. The lowest BCUT2D eigenvalue weighted by molar-refractivity contribution is 0.415. The van der Waals surface area contributed by atoms with Crippen molar-refractivity contribution in [1.29, 1.82) is 0 Å². The summed E-state index contributed by atoms with van der Waals surface area (Å²) in [6.07, 6.45) is 0. The highest BCUT2D eigenvalue weighted by molar-refractivity contribution is 5.47. The lowest BCUT2D eigenvalue weighted by atomic mass is 10.3. The minimum atomic E-state index is -0.622. The molecule has 0 bridgehead atoms. The summed E-state index contributed by atoms with van der Waals surface area (Å²) in [7, 11) is 0. The molecule has 2 rings (SSSR count). The first-order chi connectivity index (χ1) is 8.20. The Bertz CT molecular complexity index is 532. The molecule has 0 spiro atoms. The Balaban J connectivity index is 2.28. The number of rotatable bonds is 3. The fraction of sp³-hybridized carbons (Fsp3) is 0. The van der Waals surface area contributed by atoms with Gasteiger partial charge in [0.25, 0.3) is 0 Å². The van der Waals surface area contributed by atoms with Gasteiger partial charge in [-0.15, -0.1) is 0 Å². The first-order valence-electron chi connectivity index (χ1n) is 4.89. The van der Waals surface area contributed by atoms with Crippen LogP contribution < -0.4 is 16.0 Å². The van der Waals surface area contributed by atoms with Gasteiger partial charge in [-0.05, 0) is 24.3 Å². The van der Waals surface area contributed by atoms with Crippen molar-refractivity contribution in [3.8, 4) is 11.5 Å².